The number of hydrogen-bond acceptors (Lipinski definition) is 3. The van der Waals surface area contributed by atoms with Gasteiger partial charge in [-0.25, -0.2) is 0 Å². The third kappa shape index (κ3) is 1.76. The van der Waals surface area contributed by atoms with Crippen molar-refractivity contribution in [2.24, 2.45) is 11.3 Å². The van der Waals surface area contributed by atoms with Crippen LogP contribution in [0.1, 0.15) is 38.5 Å². The van der Waals surface area contributed by atoms with Crippen molar-refractivity contribution in [1.29, 1.82) is 0 Å². The summed E-state index contributed by atoms with van der Waals surface area (Å²) in [5, 5.41) is 0. The first-order valence-electron chi connectivity index (χ1n) is 6.59. The summed E-state index contributed by atoms with van der Waals surface area (Å²) in [5.41, 5.74) is 0.135. The summed E-state index contributed by atoms with van der Waals surface area (Å²) >= 11 is 0. The van der Waals surface area contributed by atoms with Crippen LogP contribution >= 0.6 is 0 Å². The topological polar surface area (TPSA) is 35.5 Å². The monoisotopic (exact) mass is 236 g/mol. The Balaban J connectivity index is 1.81. The molecular weight excluding hydrogens is 216 g/mol. The Labute approximate surface area is 102 Å². The highest BCUT2D eigenvalue weighted by atomic mass is 16.7. The molecule has 3 fully saturated rings. The van der Waals surface area contributed by atoms with E-state index in [9.17, 15) is 4.79 Å². The number of carbonyl (C=O) groups excluding carboxylic acids is 1. The highest BCUT2D eigenvalue weighted by Crippen LogP contribution is 2.60. The molecule has 17 heavy (non-hydrogen) atoms. The molecule has 0 amide bonds. The third-order valence-corrected chi connectivity index (χ3v) is 4.73. The van der Waals surface area contributed by atoms with E-state index in [-0.39, 0.29) is 11.2 Å². The first kappa shape index (κ1) is 11.4. The summed E-state index contributed by atoms with van der Waals surface area (Å²) in [6.07, 6.45) is 7.27. The third-order valence-electron chi connectivity index (χ3n) is 4.73. The van der Waals surface area contributed by atoms with E-state index in [0.717, 1.165) is 38.5 Å². The van der Waals surface area contributed by atoms with Gasteiger partial charge in [0.05, 0.1) is 13.2 Å². The number of rotatable bonds is 3. The number of ketones is 1. The van der Waals surface area contributed by atoms with Crippen LogP contribution in [0.4, 0.5) is 0 Å². The second-order valence-electron chi connectivity index (χ2n) is 5.79. The summed E-state index contributed by atoms with van der Waals surface area (Å²) in [4.78, 5) is 11.7. The largest absolute Gasteiger partial charge is 0.348 e. The number of Topliss-reactive ketones (excluding diaryl/α,β-unsaturated/α-hetero) is 1. The van der Waals surface area contributed by atoms with E-state index in [0.29, 0.717) is 24.9 Å². The van der Waals surface area contributed by atoms with Gasteiger partial charge in [0.1, 0.15) is 5.78 Å². The fourth-order valence-electron chi connectivity index (χ4n) is 4.07. The van der Waals surface area contributed by atoms with Crippen LogP contribution in [-0.4, -0.2) is 24.8 Å². The fraction of sp³-hybridized carbons (Fsp3) is 0.786. The zero-order chi connectivity index (χ0) is 11.9. The first-order chi connectivity index (χ1) is 8.18. The molecule has 1 heterocycles. The maximum Gasteiger partial charge on any atom is 0.169 e. The average Bonchev–Trinajstić information content (AvgIpc) is 2.90. The molecule has 1 spiro atoms. The van der Waals surface area contributed by atoms with Crippen molar-refractivity contribution in [3.05, 3.63) is 12.7 Å². The molecule has 3 nitrogen and oxygen atoms in total. The lowest BCUT2D eigenvalue weighted by Gasteiger charge is -2.29. The maximum atomic E-state index is 11.7. The summed E-state index contributed by atoms with van der Waals surface area (Å²) in [7, 11) is 0. The molecule has 3 rings (SSSR count). The van der Waals surface area contributed by atoms with Crippen molar-refractivity contribution in [3.63, 3.8) is 0 Å². The number of ether oxygens (including phenoxy) is 2. The van der Waals surface area contributed by atoms with Gasteiger partial charge in [-0.3, -0.25) is 4.79 Å². The summed E-state index contributed by atoms with van der Waals surface area (Å²) in [6, 6.07) is 0. The molecule has 2 atom stereocenters. The summed E-state index contributed by atoms with van der Waals surface area (Å²) < 4.78 is 11.6. The van der Waals surface area contributed by atoms with Crippen molar-refractivity contribution < 1.29 is 14.3 Å². The fourth-order valence-corrected chi connectivity index (χ4v) is 4.07. The lowest BCUT2D eigenvalue weighted by atomic mass is 9.76. The minimum absolute atomic E-state index is 0.135. The smallest absolute Gasteiger partial charge is 0.169 e. The second kappa shape index (κ2) is 3.92. The highest BCUT2D eigenvalue weighted by Gasteiger charge is 2.60. The Morgan fingerprint density at radius 1 is 1.41 bits per heavy atom. The lowest BCUT2D eigenvalue weighted by Crippen LogP contribution is -2.29. The quantitative estimate of drug-likeness (QED) is 0.706. The van der Waals surface area contributed by atoms with Crippen LogP contribution in [0.3, 0.4) is 0 Å². The zero-order valence-corrected chi connectivity index (χ0v) is 10.2. The molecule has 94 valence electrons. The normalized spacial score (nSPS) is 38.8. The van der Waals surface area contributed by atoms with E-state index >= 15 is 0 Å². The molecule has 0 aromatic rings. The van der Waals surface area contributed by atoms with E-state index in [1.165, 1.54) is 0 Å². The van der Waals surface area contributed by atoms with Gasteiger partial charge in [0, 0.05) is 25.7 Å². The molecule has 3 aliphatic rings. The van der Waals surface area contributed by atoms with E-state index in [1.807, 2.05) is 6.08 Å². The van der Waals surface area contributed by atoms with E-state index in [2.05, 4.69) is 6.58 Å². The Kier molecular flexibility index (Phi) is 2.64. The predicted octanol–water partition coefficient (Wildman–Crippen LogP) is 2.46. The van der Waals surface area contributed by atoms with Gasteiger partial charge in [0.2, 0.25) is 0 Å². The first-order valence-corrected chi connectivity index (χ1v) is 6.59. The molecule has 1 saturated heterocycles. The van der Waals surface area contributed by atoms with Gasteiger partial charge in [-0.05, 0) is 24.2 Å². The minimum Gasteiger partial charge on any atom is -0.348 e. The van der Waals surface area contributed by atoms with Crippen molar-refractivity contribution in [2.75, 3.05) is 13.2 Å². The molecule has 1 aliphatic heterocycles. The van der Waals surface area contributed by atoms with E-state index < -0.39 is 0 Å². The number of fused-ring (bicyclic) bond motifs is 1. The van der Waals surface area contributed by atoms with Crippen LogP contribution in [0, 0.1) is 11.3 Å². The standard InChI is InChI=1S/C14H20O3/c1-2-3-4-13-9-12(15)7-11(13)8-14(10-13)16-5-6-17-14/h2,11H,1,3-10H2/t11-,13+/m1/s1. The van der Waals surface area contributed by atoms with Gasteiger partial charge in [-0.15, -0.1) is 6.58 Å². The zero-order valence-electron chi connectivity index (χ0n) is 10.2. The van der Waals surface area contributed by atoms with Gasteiger partial charge >= 0.3 is 0 Å². The van der Waals surface area contributed by atoms with Crippen molar-refractivity contribution in [3.8, 4) is 0 Å². The lowest BCUT2D eigenvalue weighted by molar-refractivity contribution is -0.159. The van der Waals surface area contributed by atoms with Gasteiger partial charge in [-0.1, -0.05) is 6.08 Å². The van der Waals surface area contributed by atoms with Crippen molar-refractivity contribution in [1.82, 2.24) is 0 Å². The van der Waals surface area contributed by atoms with E-state index in [1.54, 1.807) is 0 Å². The average molecular weight is 236 g/mol. The second-order valence-corrected chi connectivity index (χ2v) is 5.79. The van der Waals surface area contributed by atoms with Gasteiger partial charge in [0.15, 0.2) is 5.79 Å². The maximum absolute atomic E-state index is 11.7. The van der Waals surface area contributed by atoms with Gasteiger partial charge < -0.3 is 9.47 Å². The van der Waals surface area contributed by atoms with Crippen LogP contribution in [0.25, 0.3) is 0 Å². The number of hydrogen-bond donors (Lipinski definition) is 0. The Hall–Kier alpha value is -0.670. The van der Waals surface area contributed by atoms with Crippen LogP contribution in [-0.2, 0) is 14.3 Å². The molecule has 2 aliphatic carbocycles. The summed E-state index contributed by atoms with van der Waals surface area (Å²) in [5.74, 6) is 0.534. The van der Waals surface area contributed by atoms with Crippen LogP contribution in [0.5, 0.6) is 0 Å². The molecule has 0 aromatic heterocycles. The Morgan fingerprint density at radius 3 is 2.88 bits per heavy atom. The van der Waals surface area contributed by atoms with Gasteiger partial charge in [0.25, 0.3) is 0 Å². The number of allylic oxidation sites excluding steroid dienone is 1. The SMILES string of the molecule is C=CCC[C@@]12CC(=O)C[C@@H]1CC1(C2)OCCO1. The van der Waals surface area contributed by atoms with Gasteiger partial charge in [-0.2, -0.15) is 0 Å². The molecule has 0 N–H and O–H groups in total. The molecule has 2 saturated carbocycles. The van der Waals surface area contributed by atoms with Crippen LogP contribution in [0.15, 0.2) is 12.7 Å². The Bertz CT molecular complexity index is 343. The number of carbonyl (C=O) groups is 1. The molecule has 0 radical (unpaired) electrons. The summed E-state index contributed by atoms with van der Waals surface area (Å²) in [6.45, 7) is 5.21. The molecule has 0 bridgehead atoms. The molecule has 0 unspecified atom stereocenters. The van der Waals surface area contributed by atoms with Crippen molar-refractivity contribution >= 4 is 5.78 Å². The molecule has 3 heteroatoms. The predicted molar refractivity (Wildman–Crippen MR) is 63.5 cm³/mol. The molecule has 0 aromatic carbocycles. The van der Waals surface area contributed by atoms with Crippen molar-refractivity contribution in [2.45, 2.75) is 44.3 Å². The molecular formula is C14H20O3. The minimum atomic E-state index is -0.355. The highest BCUT2D eigenvalue weighted by molar-refractivity contribution is 5.82. The van der Waals surface area contributed by atoms with E-state index in [4.69, 9.17) is 9.47 Å². The van der Waals surface area contributed by atoms with Crippen LogP contribution in [0.2, 0.25) is 0 Å². The van der Waals surface area contributed by atoms with Crippen LogP contribution < -0.4 is 0 Å². The Morgan fingerprint density at radius 2 is 2.18 bits per heavy atom.